The van der Waals surface area contributed by atoms with E-state index in [4.69, 9.17) is 4.74 Å². The fourth-order valence-corrected chi connectivity index (χ4v) is 3.49. The Labute approximate surface area is 187 Å². The molecule has 0 N–H and O–H groups in total. The van der Waals surface area contributed by atoms with E-state index in [1.54, 1.807) is 34.0 Å². The van der Waals surface area contributed by atoms with E-state index in [0.717, 1.165) is 28.4 Å². The first-order valence-corrected chi connectivity index (χ1v) is 10.7. The lowest BCUT2D eigenvalue weighted by molar-refractivity contribution is 0.163. The molecule has 8 heteroatoms. The molecule has 8 nitrogen and oxygen atoms in total. The first-order chi connectivity index (χ1) is 15.4. The summed E-state index contributed by atoms with van der Waals surface area (Å²) >= 11 is 0. The zero-order chi connectivity index (χ0) is 22.7. The zero-order valence-corrected chi connectivity index (χ0v) is 18.9. The smallest absolute Gasteiger partial charge is 0.203 e. The molecular weight excluding hydrogens is 404 g/mol. The Kier molecular flexibility index (Phi) is 6.20. The van der Waals surface area contributed by atoms with Gasteiger partial charge in [0.05, 0.1) is 31.7 Å². The van der Waals surface area contributed by atoms with Gasteiger partial charge in [0.1, 0.15) is 23.0 Å². The van der Waals surface area contributed by atoms with E-state index in [9.17, 15) is 4.79 Å². The number of hydrogen-bond acceptors (Lipinski definition) is 6. The number of rotatable bonds is 7. The quantitative estimate of drug-likeness (QED) is 0.574. The van der Waals surface area contributed by atoms with Crippen LogP contribution in [0.3, 0.4) is 0 Å². The van der Waals surface area contributed by atoms with Gasteiger partial charge in [-0.2, -0.15) is 10.2 Å². The summed E-state index contributed by atoms with van der Waals surface area (Å²) in [6.07, 6.45) is 7.46. The van der Waals surface area contributed by atoms with Gasteiger partial charge in [0.2, 0.25) is 5.43 Å². The van der Waals surface area contributed by atoms with E-state index in [2.05, 4.69) is 40.0 Å². The summed E-state index contributed by atoms with van der Waals surface area (Å²) in [5.74, 6) is 2.21. The molecule has 1 aliphatic rings. The van der Waals surface area contributed by atoms with Crippen LogP contribution in [0.4, 0.5) is 0 Å². The Morgan fingerprint density at radius 1 is 1.19 bits per heavy atom. The number of ether oxygens (including phenoxy) is 1. The van der Waals surface area contributed by atoms with Crippen LogP contribution >= 0.6 is 0 Å². The fraction of sp³-hybridized carbons (Fsp3) is 0.333. The number of benzene rings is 1. The van der Waals surface area contributed by atoms with Gasteiger partial charge in [-0.05, 0) is 17.5 Å². The second kappa shape index (κ2) is 9.21. The van der Waals surface area contributed by atoms with Crippen LogP contribution in [0.5, 0.6) is 0 Å². The lowest BCUT2D eigenvalue weighted by Crippen LogP contribution is -2.32. The highest BCUT2D eigenvalue weighted by molar-refractivity contribution is 5.99. The molecule has 0 fully saturated rings. The van der Waals surface area contributed by atoms with Crippen LogP contribution in [0.2, 0.25) is 0 Å². The first-order valence-electron chi connectivity index (χ1n) is 10.7. The molecule has 0 atom stereocenters. The fourth-order valence-electron chi connectivity index (χ4n) is 3.49. The van der Waals surface area contributed by atoms with Crippen LogP contribution in [-0.2, 0) is 18.2 Å². The van der Waals surface area contributed by atoms with Crippen molar-refractivity contribution in [3.63, 3.8) is 0 Å². The van der Waals surface area contributed by atoms with Crippen molar-refractivity contribution in [2.45, 2.75) is 20.3 Å². The second-order valence-electron chi connectivity index (χ2n) is 8.43. The van der Waals surface area contributed by atoms with Crippen LogP contribution in [0.15, 0.2) is 70.7 Å². The molecule has 166 valence electrons. The molecule has 0 saturated carbocycles. The first kappa shape index (κ1) is 21.5. The molecule has 0 spiro atoms. The van der Waals surface area contributed by atoms with Crippen LogP contribution < -0.4 is 5.43 Å². The van der Waals surface area contributed by atoms with Gasteiger partial charge in [0.15, 0.2) is 0 Å². The SMILES string of the molecule is CC(C)COC1=CN=C(c2cccc(Cc3nn(-c4cnn(C)c4)ccc3=O)c2)N(C)C1. The minimum absolute atomic E-state index is 0.0856. The molecule has 3 aromatic rings. The minimum atomic E-state index is -0.0856. The van der Waals surface area contributed by atoms with Gasteiger partial charge in [-0.3, -0.25) is 9.48 Å². The number of hydrogen-bond donors (Lipinski definition) is 0. The third kappa shape index (κ3) is 4.96. The molecule has 2 aromatic heterocycles. The molecule has 4 rings (SSSR count). The molecule has 1 aliphatic heterocycles. The molecule has 1 aromatic carbocycles. The molecule has 0 bridgehead atoms. The third-order valence-electron chi connectivity index (χ3n) is 5.08. The van der Waals surface area contributed by atoms with E-state index in [0.29, 0.717) is 31.2 Å². The van der Waals surface area contributed by atoms with Crippen molar-refractivity contribution >= 4 is 5.84 Å². The van der Waals surface area contributed by atoms with Crippen molar-refractivity contribution in [2.24, 2.45) is 18.0 Å². The van der Waals surface area contributed by atoms with Crippen LogP contribution in [0.1, 0.15) is 30.7 Å². The summed E-state index contributed by atoms with van der Waals surface area (Å²) in [5.41, 5.74) is 3.20. The Morgan fingerprint density at radius 3 is 2.75 bits per heavy atom. The molecule has 3 heterocycles. The predicted molar refractivity (Wildman–Crippen MR) is 124 cm³/mol. The van der Waals surface area contributed by atoms with E-state index in [-0.39, 0.29) is 5.43 Å². The number of aromatic nitrogens is 4. The molecular formula is C24H28N6O2. The average molecular weight is 433 g/mol. The van der Waals surface area contributed by atoms with Gasteiger partial charge in [-0.1, -0.05) is 32.0 Å². The van der Waals surface area contributed by atoms with E-state index < -0.39 is 0 Å². The number of amidine groups is 1. The monoisotopic (exact) mass is 432 g/mol. The molecule has 0 saturated heterocycles. The minimum Gasteiger partial charge on any atom is -0.494 e. The van der Waals surface area contributed by atoms with Crippen molar-refractivity contribution in [3.8, 4) is 5.69 Å². The summed E-state index contributed by atoms with van der Waals surface area (Å²) in [4.78, 5) is 19.1. The van der Waals surface area contributed by atoms with Crippen molar-refractivity contribution in [3.05, 3.63) is 87.9 Å². The number of aliphatic imine (C=N–C) groups is 1. The number of likely N-dealkylation sites (N-methyl/N-ethyl adjacent to an activating group) is 1. The molecule has 0 unspecified atom stereocenters. The Morgan fingerprint density at radius 2 is 2.03 bits per heavy atom. The van der Waals surface area contributed by atoms with Crippen molar-refractivity contribution in [1.29, 1.82) is 0 Å². The standard InChI is InChI=1S/C24H28N6O2/c1-17(2)16-32-21-13-25-24(28(3)15-21)19-7-5-6-18(10-19)11-22-23(31)8-9-30(27-22)20-12-26-29(4)14-20/h5-10,12-14,17H,11,15-16H2,1-4H3. The number of nitrogens with zero attached hydrogens (tertiary/aromatic N) is 6. The maximum absolute atomic E-state index is 12.4. The Bertz CT molecular complexity index is 1220. The van der Waals surface area contributed by atoms with Crippen LogP contribution in [0, 0.1) is 5.92 Å². The largest absolute Gasteiger partial charge is 0.494 e. The van der Waals surface area contributed by atoms with Crippen molar-refractivity contribution in [1.82, 2.24) is 24.5 Å². The van der Waals surface area contributed by atoms with Crippen LogP contribution in [0.25, 0.3) is 5.69 Å². The van der Waals surface area contributed by atoms with Gasteiger partial charge in [-0.25, -0.2) is 9.67 Å². The maximum Gasteiger partial charge on any atom is 0.203 e. The number of aryl methyl sites for hydroxylation is 1. The maximum atomic E-state index is 12.4. The highest BCUT2D eigenvalue weighted by Gasteiger charge is 2.17. The van der Waals surface area contributed by atoms with Crippen LogP contribution in [-0.4, -0.2) is 50.5 Å². The summed E-state index contributed by atoms with van der Waals surface area (Å²) in [7, 11) is 3.85. The van der Waals surface area contributed by atoms with Gasteiger partial charge in [0, 0.05) is 38.3 Å². The molecule has 0 aliphatic carbocycles. The summed E-state index contributed by atoms with van der Waals surface area (Å²) < 4.78 is 9.20. The summed E-state index contributed by atoms with van der Waals surface area (Å²) in [6, 6.07) is 9.62. The molecule has 0 radical (unpaired) electrons. The lowest BCUT2D eigenvalue weighted by atomic mass is 10.0. The molecule has 32 heavy (non-hydrogen) atoms. The van der Waals surface area contributed by atoms with Gasteiger partial charge in [-0.15, -0.1) is 0 Å². The lowest BCUT2D eigenvalue weighted by Gasteiger charge is -2.26. The molecule has 0 amide bonds. The Hall–Kier alpha value is -3.68. The summed E-state index contributed by atoms with van der Waals surface area (Å²) in [6.45, 7) is 5.60. The zero-order valence-electron chi connectivity index (χ0n) is 18.9. The second-order valence-corrected chi connectivity index (χ2v) is 8.43. The highest BCUT2D eigenvalue weighted by atomic mass is 16.5. The van der Waals surface area contributed by atoms with Gasteiger partial charge in [0.25, 0.3) is 0 Å². The normalized spacial score (nSPS) is 13.8. The van der Waals surface area contributed by atoms with Crippen molar-refractivity contribution in [2.75, 3.05) is 20.2 Å². The van der Waals surface area contributed by atoms with Gasteiger partial charge < -0.3 is 9.64 Å². The topological polar surface area (TPSA) is 77.5 Å². The van der Waals surface area contributed by atoms with E-state index in [1.807, 2.05) is 38.5 Å². The van der Waals surface area contributed by atoms with E-state index in [1.165, 1.54) is 0 Å². The Balaban J connectivity index is 1.56. The third-order valence-corrected chi connectivity index (χ3v) is 5.08. The highest BCUT2D eigenvalue weighted by Crippen LogP contribution is 2.17. The predicted octanol–water partition coefficient (Wildman–Crippen LogP) is 2.76. The van der Waals surface area contributed by atoms with Gasteiger partial charge >= 0.3 is 0 Å². The summed E-state index contributed by atoms with van der Waals surface area (Å²) in [5, 5.41) is 8.71. The average Bonchev–Trinajstić information content (AvgIpc) is 3.20. The van der Waals surface area contributed by atoms with Crippen molar-refractivity contribution < 1.29 is 4.74 Å². The van der Waals surface area contributed by atoms with E-state index >= 15 is 0 Å².